The second kappa shape index (κ2) is 5.19. The third-order valence-electron chi connectivity index (χ3n) is 3.57. The molecule has 3 aromatic heterocycles. The first kappa shape index (κ1) is 13.6. The Morgan fingerprint density at radius 3 is 2.90 bits per heavy atom. The van der Waals surface area contributed by atoms with Gasteiger partial charge in [0.05, 0.1) is 11.9 Å². The minimum Gasteiger partial charge on any atom is -0.372 e. The minimum atomic E-state index is 0.497. The highest BCUT2D eigenvalue weighted by molar-refractivity contribution is 7.18. The van der Waals surface area contributed by atoms with Crippen LogP contribution in [0.15, 0.2) is 18.3 Å². The van der Waals surface area contributed by atoms with Gasteiger partial charge < -0.3 is 9.88 Å². The second-order valence-corrected chi connectivity index (χ2v) is 6.04. The molecule has 0 spiro atoms. The number of hydrogen-bond donors (Lipinski definition) is 1. The van der Waals surface area contributed by atoms with E-state index >= 15 is 0 Å². The van der Waals surface area contributed by atoms with E-state index in [1.54, 1.807) is 17.4 Å². The SMILES string of the molecule is CNc1nc(Cn2cccc2C#N)nc2sc(C)c(C)c12. The lowest BCUT2D eigenvalue weighted by atomic mass is 10.2. The van der Waals surface area contributed by atoms with Crippen LogP contribution in [0, 0.1) is 25.2 Å². The summed E-state index contributed by atoms with van der Waals surface area (Å²) in [5.74, 6) is 1.56. The molecule has 21 heavy (non-hydrogen) atoms. The van der Waals surface area contributed by atoms with Gasteiger partial charge in [-0.05, 0) is 31.5 Å². The summed E-state index contributed by atoms with van der Waals surface area (Å²) in [5, 5.41) is 13.3. The van der Waals surface area contributed by atoms with E-state index in [0.29, 0.717) is 18.1 Å². The Bertz CT molecular complexity index is 853. The maximum Gasteiger partial charge on any atom is 0.152 e. The summed E-state index contributed by atoms with van der Waals surface area (Å²) < 4.78 is 1.86. The van der Waals surface area contributed by atoms with Crippen molar-refractivity contribution in [3.8, 4) is 6.07 Å². The van der Waals surface area contributed by atoms with E-state index in [0.717, 1.165) is 16.0 Å². The molecule has 0 atom stereocenters. The van der Waals surface area contributed by atoms with Gasteiger partial charge in [-0.2, -0.15) is 5.26 Å². The predicted molar refractivity (Wildman–Crippen MR) is 84.7 cm³/mol. The number of aryl methyl sites for hydroxylation is 2. The molecule has 0 saturated heterocycles. The molecular weight excluding hydrogens is 282 g/mol. The molecule has 3 rings (SSSR count). The third-order valence-corrected chi connectivity index (χ3v) is 4.67. The van der Waals surface area contributed by atoms with E-state index in [1.165, 1.54) is 10.4 Å². The Morgan fingerprint density at radius 2 is 2.19 bits per heavy atom. The van der Waals surface area contributed by atoms with Gasteiger partial charge in [-0.15, -0.1) is 11.3 Å². The maximum absolute atomic E-state index is 9.08. The van der Waals surface area contributed by atoms with E-state index in [2.05, 4.69) is 35.2 Å². The first-order valence-electron chi connectivity index (χ1n) is 6.63. The number of nitrogens with zero attached hydrogens (tertiary/aromatic N) is 4. The van der Waals surface area contributed by atoms with Gasteiger partial charge in [0.15, 0.2) is 5.82 Å². The summed E-state index contributed by atoms with van der Waals surface area (Å²) in [6.45, 7) is 4.69. The Hall–Kier alpha value is -2.39. The number of rotatable bonds is 3. The van der Waals surface area contributed by atoms with Gasteiger partial charge >= 0.3 is 0 Å². The van der Waals surface area contributed by atoms with E-state index < -0.39 is 0 Å². The molecule has 0 saturated carbocycles. The maximum atomic E-state index is 9.08. The number of aromatic nitrogens is 3. The zero-order chi connectivity index (χ0) is 15.0. The lowest BCUT2D eigenvalue weighted by Gasteiger charge is -2.08. The molecule has 6 heteroatoms. The molecule has 0 aromatic carbocycles. The van der Waals surface area contributed by atoms with Crippen LogP contribution in [0.25, 0.3) is 10.2 Å². The van der Waals surface area contributed by atoms with Crippen molar-refractivity contribution in [1.29, 1.82) is 5.26 Å². The summed E-state index contributed by atoms with van der Waals surface area (Å²) >= 11 is 1.68. The second-order valence-electron chi connectivity index (χ2n) is 4.83. The Labute approximate surface area is 126 Å². The van der Waals surface area contributed by atoms with Crippen LogP contribution in [-0.2, 0) is 6.54 Å². The Morgan fingerprint density at radius 1 is 1.38 bits per heavy atom. The summed E-state index contributed by atoms with van der Waals surface area (Å²) in [4.78, 5) is 11.5. The molecular formula is C15H15N5S. The van der Waals surface area contributed by atoms with Crippen LogP contribution in [0.2, 0.25) is 0 Å². The topological polar surface area (TPSA) is 66.5 Å². The van der Waals surface area contributed by atoms with Crippen LogP contribution in [0.3, 0.4) is 0 Å². The molecule has 0 unspecified atom stereocenters. The molecule has 0 bridgehead atoms. The fourth-order valence-electron chi connectivity index (χ4n) is 2.35. The fourth-order valence-corrected chi connectivity index (χ4v) is 3.40. The molecule has 5 nitrogen and oxygen atoms in total. The Kier molecular flexibility index (Phi) is 3.35. The number of hydrogen-bond acceptors (Lipinski definition) is 5. The van der Waals surface area contributed by atoms with Crippen LogP contribution < -0.4 is 5.32 Å². The number of fused-ring (bicyclic) bond motifs is 1. The highest BCUT2D eigenvalue weighted by atomic mass is 32.1. The van der Waals surface area contributed by atoms with Gasteiger partial charge in [-0.1, -0.05) is 0 Å². The van der Waals surface area contributed by atoms with Crippen molar-refractivity contribution in [3.05, 3.63) is 40.3 Å². The van der Waals surface area contributed by atoms with Crippen molar-refractivity contribution < 1.29 is 0 Å². The van der Waals surface area contributed by atoms with Crippen molar-refractivity contribution in [2.75, 3.05) is 12.4 Å². The van der Waals surface area contributed by atoms with E-state index in [1.807, 2.05) is 23.9 Å². The normalized spacial score (nSPS) is 10.8. The lowest BCUT2D eigenvalue weighted by molar-refractivity contribution is 0.747. The third kappa shape index (κ3) is 2.26. The van der Waals surface area contributed by atoms with E-state index in [-0.39, 0.29) is 0 Å². The first-order chi connectivity index (χ1) is 10.1. The zero-order valence-electron chi connectivity index (χ0n) is 12.1. The monoisotopic (exact) mass is 297 g/mol. The quantitative estimate of drug-likeness (QED) is 0.807. The van der Waals surface area contributed by atoms with Crippen LogP contribution in [0.4, 0.5) is 5.82 Å². The first-order valence-corrected chi connectivity index (χ1v) is 7.45. The largest absolute Gasteiger partial charge is 0.372 e. The Balaban J connectivity index is 2.10. The highest BCUT2D eigenvalue weighted by Crippen LogP contribution is 2.33. The van der Waals surface area contributed by atoms with Crippen molar-refractivity contribution in [3.63, 3.8) is 0 Å². The zero-order valence-corrected chi connectivity index (χ0v) is 13.0. The van der Waals surface area contributed by atoms with E-state index in [9.17, 15) is 0 Å². The summed E-state index contributed by atoms with van der Waals surface area (Å²) in [6, 6.07) is 5.81. The number of thiophene rings is 1. The standard InChI is InChI=1S/C15H15N5S/c1-9-10(2)21-15-13(9)14(17-3)18-12(19-15)8-20-6-4-5-11(20)7-16/h4-6H,8H2,1-3H3,(H,17,18,19). The smallest absolute Gasteiger partial charge is 0.152 e. The van der Waals surface area contributed by atoms with Crippen molar-refractivity contribution in [2.45, 2.75) is 20.4 Å². The molecule has 0 aliphatic heterocycles. The molecule has 1 N–H and O–H groups in total. The molecule has 0 amide bonds. The van der Waals surface area contributed by atoms with Crippen molar-refractivity contribution in [2.24, 2.45) is 0 Å². The van der Waals surface area contributed by atoms with Gasteiger partial charge in [0.2, 0.25) is 0 Å². The van der Waals surface area contributed by atoms with Crippen LogP contribution in [-0.4, -0.2) is 21.6 Å². The molecule has 0 aliphatic carbocycles. The minimum absolute atomic E-state index is 0.497. The number of nitrogens with one attached hydrogen (secondary N) is 1. The average molecular weight is 297 g/mol. The fraction of sp³-hybridized carbons (Fsp3) is 0.267. The molecule has 0 fully saturated rings. The summed E-state index contributed by atoms with van der Waals surface area (Å²) in [7, 11) is 1.87. The molecule has 0 radical (unpaired) electrons. The van der Waals surface area contributed by atoms with Gasteiger partial charge in [0.25, 0.3) is 0 Å². The lowest BCUT2D eigenvalue weighted by Crippen LogP contribution is -2.07. The predicted octanol–water partition coefficient (Wildman–Crippen LogP) is 3.07. The van der Waals surface area contributed by atoms with Crippen LogP contribution in [0.1, 0.15) is 22.0 Å². The van der Waals surface area contributed by atoms with Gasteiger partial charge in [0, 0.05) is 18.1 Å². The number of anilines is 1. The van der Waals surface area contributed by atoms with E-state index in [4.69, 9.17) is 5.26 Å². The molecule has 0 aliphatic rings. The van der Waals surface area contributed by atoms with Crippen LogP contribution in [0.5, 0.6) is 0 Å². The number of nitriles is 1. The van der Waals surface area contributed by atoms with Crippen LogP contribution >= 0.6 is 11.3 Å². The van der Waals surface area contributed by atoms with Gasteiger partial charge in [0.1, 0.15) is 22.4 Å². The van der Waals surface area contributed by atoms with Crippen molar-refractivity contribution >= 4 is 27.4 Å². The molecule has 106 valence electrons. The summed E-state index contributed by atoms with van der Waals surface area (Å²) in [6.07, 6.45) is 1.87. The summed E-state index contributed by atoms with van der Waals surface area (Å²) in [5.41, 5.74) is 1.84. The average Bonchev–Trinajstić information content (AvgIpc) is 3.03. The van der Waals surface area contributed by atoms with Crippen molar-refractivity contribution in [1.82, 2.24) is 14.5 Å². The van der Waals surface area contributed by atoms with Gasteiger partial charge in [-0.25, -0.2) is 9.97 Å². The molecule has 3 aromatic rings. The highest BCUT2D eigenvalue weighted by Gasteiger charge is 2.14. The molecule has 3 heterocycles. The van der Waals surface area contributed by atoms with Gasteiger partial charge in [-0.3, -0.25) is 0 Å².